The fourth-order valence-electron chi connectivity index (χ4n) is 5.97. The second-order valence-electron chi connectivity index (χ2n) is 10.8. The van der Waals surface area contributed by atoms with E-state index in [9.17, 15) is 23.1 Å². The monoisotopic (exact) mass is 468 g/mol. The zero-order valence-corrected chi connectivity index (χ0v) is 20.3. The highest BCUT2D eigenvalue weighted by atomic mass is 19.4. The van der Waals surface area contributed by atoms with Crippen LogP contribution in [0.3, 0.4) is 0 Å². The number of esters is 1. The molecule has 0 aromatic heterocycles. The Morgan fingerprint density at radius 2 is 1.76 bits per heavy atom. The first-order valence-electron chi connectivity index (χ1n) is 11.4. The number of methoxy groups -OCH3 is 1. The third-order valence-electron chi connectivity index (χ3n) is 7.92. The Balaban J connectivity index is 2.13. The number of carbonyl (C=O) groups is 1. The van der Waals surface area contributed by atoms with E-state index in [1.807, 2.05) is 13.8 Å². The second-order valence-corrected chi connectivity index (χ2v) is 10.8. The molecule has 33 heavy (non-hydrogen) atoms. The molecule has 0 spiro atoms. The van der Waals surface area contributed by atoms with Gasteiger partial charge in [0.05, 0.1) is 5.60 Å². The molecular weight excluding hydrogens is 433 g/mol. The van der Waals surface area contributed by atoms with Gasteiger partial charge in [0.25, 0.3) is 5.60 Å². The number of ether oxygens (including phenoxy) is 2. The van der Waals surface area contributed by atoms with Gasteiger partial charge in [-0.05, 0) is 51.0 Å². The Labute approximate surface area is 194 Å². The van der Waals surface area contributed by atoms with Gasteiger partial charge in [0, 0.05) is 24.5 Å². The van der Waals surface area contributed by atoms with E-state index in [1.165, 1.54) is 24.3 Å². The van der Waals surface area contributed by atoms with Crippen molar-refractivity contribution in [2.45, 2.75) is 90.2 Å². The molecule has 1 aromatic carbocycles. The van der Waals surface area contributed by atoms with Crippen molar-refractivity contribution in [3.8, 4) is 0 Å². The van der Waals surface area contributed by atoms with Gasteiger partial charge in [-0.2, -0.15) is 13.2 Å². The van der Waals surface area contributed by atoms with Crippen LogP contribution in [-0.4, -0.2) is 36.1 Å². The van der Waals surface area contributed by atoms with E-state index in [4.69, 9.17) is 9.47 Å². The van der Waals surface area contributed by atoms with E-state index < -0.39 is 34.9 Å². The van der Waals surface area contributed by atoms with E-state index in [0.29, 0.717) is 5.57 Å². The Kier molecular flexibility index (Phi) is 6.57. The lowest BCUT2D eigenvalue weighted by Crippen LogP contribution is -2.56. The number of halogens is 3. The quantitative estimate of drug-likeness (QED) is 0.406. The summed E-state index contributed by atoms with van der Waals surface area (Å²) in [4.78, 5) is 13.5. The smallest absolute Gasteiger partial charge is 0.432 e. The summed E-state index contributed by atoms with van der Waals surface area (Å²) in [5.41, 5.74) is -3.78. The molecule has 0 bridgehead atoms. The first kappa shape index (κ1) is 25.8. The van der Waals surface area contributed by atoms with Crippen LogP contribution in [0.1, 0.15) is 72.3 Å². The summed E-state index contributed by atoms with van der Waals surface area (Å²) >= 11 is 0. The van der Waals surface area contributed by atoms with E-state index in [1.54, 1.807) is 19.9 Å². The van der Waals surface area contributed by atoms with Crippen LogP contribution in [0.5, 0.6) is 0 Å². The topological polar surface area (TPSA) is 55.8 Å². The lowest BCUT2D eigenvalue weighted by Gasteiger charge is -2.52. The standard InChI is InChI=1S/C26H35F3O4/c1-17-15-23(4)13-10-14-24(23,5)20(19(17)16-22(2,3)31)33-21(30)25(32-6,26(27,28)29)18-11-8-7-9-12-18/h7-9,11-12,20,31H,10,13-16H2,1-6H3. The highest BCUT2D eigenvalue weighted by molar-refractivity contribution is 5.83. The molecule has 0 amide bonds. The lowest BCUT2D eigenvalue weighted by atomic mass is 9.56. The van der Waals surface area contributed by atoms with Crippen LogP contribution in [0.15, 0.2) is 41.5 Å². The summed E-state index contributed by atoms with van der Waals surface area (Å²) in [6, 6.07) is 6.88. The third-order valence-corrected chi connectivity index (χ3v) is 7.92. The summed E-state index contributed by atoms with van der Waals surface area (Å²) in [5, 5.41) is 10.6. The fourth-order valence-corrected chi connectivity index (χ4v) is 5.97. The lowest BCUT2D eigenvalue weighted by molar-refractivity contribution is -0.280. The molecule has 0 radical (unpaired) electrons. The van der Waals surface area contributed by atoms with Crippen molar-refractivity contribution < 1.29 is 32.5 Å². The number of benzene rings is 1. The fraction of sp³-hybridized carbons (Fsp3) is 0.654. The Morgan fingerprint density at radius 3 is 2.27 bits per heavy atom. The SMILES string of the molecule is COC(C(=O)OC1C(CC(C)(C)O)=C(C)CC2(C)CCCC12C)(c1ccccc1)C(F)(F)F. The van der Waals surface area contributed by atoms with Gasteiger partial charge >= 0.3 is 12.1 Å². The highest BCUT2D eigenvalue weighted by Gasteiger charge is 2.66. The maximum Gasteiger partial charge on any atom is 0.432 e. The molecular formula is C26H35F3O4. The van der Waals surface area contributed by atoms with Crippen LogP contribution < -0.4 is 0 Å². The largest absolute Gasteiger partial charge is 0.455 e. The number of alkyl halides is 3. The molecule has 0 saturated heterocycles. The van der Waals surface area contributed by atoms with Gasteiger partial charge in [0.1, 0.15) is 6.10 Å². The summed E-state index contributed by atoms with van der Waals surface area (Å²) in [6.07, 6.45) is -2.44. The van der Waals surface area contributed by atoms with Crippen LogP contribution in [-0.2, 0) is 19.9 Å². The molecule has 184 valence electrons. The molecule has 1 aromatic rings. The van der Waals surface area contributed by atoms with E-state index in [-0.39, 0.29) is 17.4 Å². The Hall–Kier alpha value is -1.86. The van der Waals surface area contributed by atoms with Crippen molar-refractivity contribution in [3.63, 3.8) is 0 Å². The number of rotatable bonds is 6. The molecule has 2 aliphatic carbocycles. The maximum atomic E-state index is 14.5. The molecule has 7 heteroatoms. The van der Waals surface area contributed by atoms with Gasteiger partial charge in [-0.25, -0.2) is 4.79 Å². The number of aliphatic hydroxyl groups is 1. The van der Waals surface area contributed by atoms with Gasteiger partial charge < -0.3 is 14.6 Å². The van der Waals surface area contributed by atoms with Crippen molar-refractivity contribution in [1.82, 2.24) is 0 Å². The minimum absolute atomic E-state index is 0.208. The van der Waals surface area contributed by atoms with Crippen LogP contribution in [0.25, 0.3) is 0 Å². The molecule has 1 fully saturated rings. The first-order chi connectivity index (χ1) is 15.1. The molecule has 0 heterocycles. The summed E-state index contributed by atoms with van der Waals surface area (Å²) in [5.74, 6) is -1.48. The average molecular weight is 469 g/mol. The predicted octanol–water partition coefficient (Wildman–Crippen LogP) is 6.08. The van der Waals surface area contributed by atoms with Gasteiger partial charge in [-0.15, -0.1) is 0 Å². The second kappa shape index (κ2) is 8.42. The maximum absolute atomic E-state index is 14.5. The normalized spacial score (nSPS) is 30.1. The van der Waals surface area contributed by atoms with Gasteiger partial charge in [-0.1, -0.05) is 56.2 Å². The van der Waals surface area contributed by atoms with E-state index in [0.717, 1.165) is 38.4 Å². The van der Waals surface area contributed by atoms with Crippen molar-refractivity contribution >= 4 is 5.97 Å². The highest BCUT2D eigenvalue weighted by Crippen LogP contribution is 2.63. The third kappa shape index (κ3) is 4.23. The minimum atomic E-state index is -5.04. The molecule has 4 atom stereocenters. The van der Waals surface area contributed by atoms with Crippen molar-refractivity contribution in [2.75, 3.05) is 7.11 Å². The number of hydrogen-bond donors (Lipinski definition) is 1. The van der Waals surface area contributed by atoms with Gasteiger partial charge in [0.15, 0.2) is 0 Å². The van der Waals surface area contributed by atoms with Gasteiger partial charge in [0.2, 0.25) is 0 Å². The van der Waals surface area contributed by atoms with Crippen LogP contribution in [0.2, 0.25) is 0 Å². The van der Waals surface area contributed by atoms with Crippen LogP contribution in [0, 0.1) is 10.8 Å². The van der Waals surface area contributed by atoms with E-state index >= 15 is 0 Å². The molecule has 4 unspecified atom stereocenters. The van der Waals surface area contributed by atoms with Gasteiger partial charge in [-0.3, -0.25) is 0 Å². The molecule has 2 aliphatic rings. The zero-order valence-electron chi connectivity index (χ0n) is 20.3. The molecule has 1 saturated carbocycles. The number of carbonyl (C=O) groups excluding carboxylic acids is 1. The molecule has 0 aliphatic heterocycles. The summed E-state index contributed by atoms with van der Waals surface area (Å²) < 4.78 is 54.3. The Bertz CT molecular complexity index is 918. The number of hydrogen-bond acceptors (Lipinski definition) is 4. The molecule has 4 nitrogen and oxygen atoms in total. The van der Waals surface area contributed by atoms with Crippen LogP contribution in [0.4, 0.5) is 13.2 Å². The summed E-state index contributed by atoms with van der Waals surface area (Å²) in [6.45, 7) is 9.34. The minimum Gasteiger partial charge on any atom is -0.455 e. The Morgan fingerprint density at radius 1 is 1.15 bits per heavy atom. The molecule has 1 N–H and O–H groups in total. The molecule has 3 rings (SSSR count). The predicted molar refractivity (Wildman–Crippen MR) is 119 cm³/mol. The van der Waals surface area contributed by atoms with Crippen LogP contribution >= 0.6 is 0 Å². The van der Waals surface area contributed by atoms with E-state index in [2.05, 4.69) is 6.92 Å². The van der Waals surface area contributed by atoms with Crippen molar-refractivity contribution in [3.05, 3.63) is 47.0 Å². The van der Waals surface area contributed by atoms with Crippen molar-refractivity contribution in [1.29, 1.82) is 0 Å². The zero-order chi connectivity index (χ0) is 24.9. The van der Waals surface area contributed by atoms with Crippen molar-refractivity contribution in [2.24, 2.45) is 10.8 Å². The number of fused-ring (bicyclic) bond motifs is 1. The summed E-state index contributed by atoms with van der Waals surface area (Å²) in [7, 11) is 0.878. The first-order valence-corrected chi connectivity index (χ1v) is 11.4. The number of allylic oxidation sites excluding steroid dienone is 1. The average Bonchev–Trinajstić information content (AvgIpc) is 2.99.